The fourth-order valence-electron chi connectivity index (χ4n) is 6.60. The summed E-state index contributed by atoms with van der Waals surface area (Å²) in [5.41, 5.74) is -3.87. The maximum atomic E-state index is 16.4. The molecule has 0 aliphatic heterocycles. The lowest BCUT2D eigenvalue weighted by Crippen LogP contribution is -2.37. The summed E-state index contributed by atoms with van der Waals surface area (Å²) in [5, 5.41) is 23.8. The molecule has 0 N–H and O–H groups in total. The lowest BCUT2D eigenvalue weighted by Gasteiger charge is -2.43. The van der Waals surface area contributed by atoms with Crippen LogP contribution in [0.15, 0.2) is 60.7 Å². The fourth-order valence-corrected chi connectivity index (χ4v) is 6.83. The van der Waals surface area contributed by atoms with Gasteiger partial charge in [-0.05, 0) is 73.2 Å². The Morgan fingerprint density at radius 1 is 0.622 bits per heavy atom. The molecule has 4 aromatic carbocycles. The normalized spacial score (nSPS) is 16.4. The second-order valence-electron chi connectivity index (χ2n) is 11.3. The summed E-state index contributed by atoms with van der Waals surface area (Å²) < 4.78 is 67.5. The van der Waals surface area contributed by atoms with Gasteiger partial charge in [0.15, 0.2) is 23.1 Å². The molecule has 232 valence electrons. The van der Waals surface area contributed by atoms with Crippen LogP contribution in [0, 0.1) is 43.5 Å². The first-order valence-corrected chi connectivity index (χ1v) is 14.7. The van der Waals surface area contributed by atoms with E-state index in [1.165, 1.54) is 24.3 Å². The summed E-state index contributed by atoms with van der Waals surface area (Å²) in [5.74, 6) is -5.01. The van der Waals surface area contributed by atoms with Crippen molar-refractivity contribution in [2.75, 3.05) is 0 Å². The van der Waals surface area contributed by atoms with E-state index in [9.17, 15) is 29.0 Å². The number of rotatable bonds is 8. The van der Waals surface area contributed by atoms with Crippen LogP contribution in [-0.4, -0.2) is 9.85 Å². The Morgan fingerprint density at radius 3 is 1.29 bits per heavy atom. The molecular formula is C32H22Cl2F4N2O5. The molecule has 7 nitrogen and oxygen atoms in total. The maximum absolute atomic E-state index is 16.4. The molecule has 0 bridgehead atoms. The first-order valence-electron chi connectivity index (χ1n) is 13.9. The number of ether oxygens (including phenoxy) is 1. The van der Waals surface area contributed by atoms with Crippen LogP contribution < -0.4 is 4.74 Å². The van der Waals surface area contributed by atoms with Crippen molar-refractivity contribution in [3.05, 3.63) is 136 Å². The molecule has 0 atom stereocenters. The van der Waals surface area contributed by atoms with E-state index in [-0.39, 0.29) is 58.0 Å². The van der Waals surface area contributed by atoms with Crippen molar-refractivity contribution < 1.29 is 32.1 Å². The molecule has 0 unspecified atom stereocenters. The Hall–Kier alpha value is -4.22. The summed E-state index contributed by atoms with van der Waals surface area (Å²) in [7, 11) is 0. The molecule has 0 saturated heterocycles. The minimum absolute atomic E-state index is 0.171. The van der Waals surface area contributed by atoms with Gasteiger partial charge < -0.3 is 4.74 Å². The fraction of sp³-hybridized carbons (Fsp3) is 0.250. The first-order chi connectivity index (χ1) is 21.4. The molecule has 45 heavy (non-hydrogen) atoms. The number of halogens is 6. The van der Waals surface area contributed by atoms with Gasteiger partial charge in [0.1, 0.15) is 11.6 Å². The lowest BCUT2D eigenvalue weighted by atomic mass is 9.60. The highest BCUT2D eigenvalue weighted by Crippen LogP contribution is 2.56. The van der Waals surface area contributed by atoms with Crippen LogP contribution in [-0.2, 0) is 10.8 Å². The van der Waals surface area contributed by atoms with Crippen molar-refractivity contribution >= 4 is 34.6 Å². The van der Waals surface area contributed by atoms with Gasteiger partial charge in [0.05, 0.1) is 31.0 Å². The van der Waals surface area contributed by atoms with E-state index in [0.717, 1.165) is 36.4 Å². The zero-order valence-electron chi connectivity index (χ0n) is 23.2. The molecule has 2 aliphatic rings. The molecule has 2 aliphatic carbocycles. The van der Waals surface area contributed by atoms with Gasteiger partial charge in [0, 0.05) is 23.0 Å². The van der Waals surface area contributed by atoms with Crippen LogP contribution in [0.25, 0.3) is 0 Å². The average Bonchev–Trinajstić information content (AvgIpc) is 2.94. The van der Waals surface area contributed by atoms with E-state index in [2.05, 4.69) is 0 Å². The second-order valence-corrected chi connectivity index (χ2v) is 12.1. The van der Waals surface area contributed by atoms with Crippen molar-refractivity contribution in [3.8, 4) is 11.5 Å². The van der Waals surface area contributed by atoms with E-state index < -0.39 is 66.8 Å². The Balaban J connectivity index is 1.49. The zero-order valence-corrected chi connectivity index (χ0v) is 24.7. The standard InChI is InChI=1S/C32H22Cl2F4N2O5/c33-19-5-3-17(15-21(19)35)31(11-1-12-31)27-23(39(41)42)7-9-25(29(27)37)45-26-10-8-24(40(43)44)28(30(26)38)32(13-2-14-32)18-4-6-20(34)22(36)16-18/h3-10,15-16H,1-2,11-14H2. The summed E-state index contributed by atoms with van der Waals surface area (Å²) in [4.78, 5) is 22.6. The molecule has 13 heteroatoms. The van der Waals surface area contributed by atoms with Gasteiger partial charge in [-0.1, -0.05) is 48.2 Å². The third kappa shape index (κ3) is 4.89. The molecule has 6 rings (SSSR count). The van der Waals surface area contributed by atoms with E-state index in [1.54, 1.807) is 0 Å². The van der Waals surface area contributed by atoms with Gasteiger partial charge in [-0.25, -0.2) is 17.6 Å². The summed E-state index contributed by atoms with van der Waals surface area (Å²) in [6.45, 7) is 0. The highest BCUT2D eigenvalue weighted by Gasteiger charge is 2.49. The van der Waals surface area contributed by atoms with Crippen LogP contribution in [0.4, 0.5) is 28.9 Å². The highest BCUT2D eigenvalue weighted by atomic mass is 35.5. The summed E-state index contributed by atoms with van der Waals surface area (Å²) >= 11 is 11.7. The third-order valence-electron chi connectivity index (χ3n) is 9.10. The van der Waals surface area contributed by atoms with Gasteiger partial charge in [0.2, 0.25) is 0 Å². The molecule has 0 spiro atoms. The Labute approximate surface area is 263 Å². The van der Waals surface area contributed by atoms with Crippen molar-refractivity contribution in [3.63, 3.8) is 0 Å². The zero-order chi connectivity index (χ0) is 32.3. The van der Waals surface area contributed by atoms with Gasteiger partial charge in [-0.2, -0.15) is 0 Å². The third-order valence-corrected chi connectivity index (χ3v) is 9.71. The SMILES string of the molecule is O=[N+]([O-])c1ccc(Oc2ccc([N+](=O)[O-])c(C3(c4ccc(Cl)c(F)c4)CCC3)c2F)c(F)c1C1(c2ccc(Cl)c(F)c2)CCC1. The molecule has 0 amide bonds. The average molecular weight is 661 g/mol. The van der Waals surface area contributed by atoms with E-state index in [4.69, 9.17) is 27.9 Å². The Bertz CT molecular complexity index is 1760. The topological polar surface area (TPSA) is 95.5 Å². The predicted octanol–water partition coefficient (Wildman–Crippen LogP) is 10.1. The molecule has 2 saturated carbocycles. The molecule has 2 fully saturated rings. The molecule has 0 heterocycles. The van der Waals surface area contributed by atoms with Crippen LogP contribution in [0.3, 0.4) is 0 Å². The monoisotopic (exact) mass is 660 g/mol. The predicted molar refractivity (Wildman–Crippen MR) is 158 cm³/mol. The van der Waals surface area contributed by atoms with E-state index >= 15 is 8.78 Å². The summed E-state index contributed by atoms with van der Waals surface area (Å²) in [6, 6.07) is 11.7. The molecule has 0 aromatic heterocycles. The van der Waals surface area contributed by atoms with Crippen LogP contribution in [0.5, 0.6) is 11.5 Å². The van der Waals surface area contributed by atoms with Gasteiger partial charge in [-0.15, -0.1) is 0 Å². The maximum Gasteiger partial charge on any atom is 0.276 e. The summed E-state index contributed by atoms with van der Waals surface area (Å²) in [6.07, 6.45) is 2.16. The van der Waals surface area contributed by atoms with Crippen molar-refractivity contribution in [2.24, 2.45) is 0 Å². The van der Waals surface area contributed by atoms with E-state index in [0.29, 0.717) is 12.8 Å². The van der Waals surface area contributed by atoms with E-state index in [1.807, 2.05) is 0 Å². The number of benzene rings is 4. The van der Waals surface area contributed by atoms with Crippen molar-refractivity contribution in [1.29, 1.82) is 0 Å². The smallest absolute Gasteiger partial charge is 0.276 e. The Morgan fingerprint density at radius 2 is 1.00 bits per heavy atom. The van der Waals surface area contributed by atoms with Gasteiger partial charge in [0.25, 0.3) is 11.4 Å². The Kier molecular flexibility index (Phi) is 7.73. The van der Waals surface area contributed by atoms with Crippen molar-refractivity contribution in [1.82, 2.24) is 0 Å². The minimum atomic E-state index is -1.29. The van der Waals surface area contributed by atoms with Crippen LogP contribution in [0.1, 0.15) is 60.8 Å². The highest BCUT2D eigenvalue weighted by molar-refractivity contribution is 6.31. The first kappa shape index (κ1) is 30.8. The van der Waals surface area contributed by atoms with Gasteiger partial charge >= 0.3 is 0 Å². The minimum Gasteiger partial charge on any atom is -0.451 e. The number of hydrogen-bond donors (Lipinski definition) is 0. The lowest BCUT2D eigenvalue weighted by molar-refractivity contribution is -0.386. The van der Waals surface area contributed by atoms with Gasteiger partial charge in [-0.3, -0.25) is 20.2 Å². The number of nitro groups is 2. The number of nitro benzene ring substituents is 2. The molecule has 4 aromatic rings. The second kappa shape index (κ2) is 11.3. The largest absolute Gasteiger partial charge is 0.451 e. The van der Waals surface area contributed by atoms with Crippen LogP contribution >= 0.6 is 23.2 Å². The van der Waals surface area contributed by atoms with Crippen LogP contribution in [0.2, 0.25) is 10.0 Å². The number of hydrogen-bond acceptors (Lipinski definition) is 5. The molecule has 0 radical (unpaired) electrons. The quantitative estimate of drug-likeness (QED) is 0.106. The molecular weight excluding hydrogens is 639 g/mol. The number of nitrogens with zero attached hydrogens (tertiary/aromatic N) is 2. The van der Waals surface area contributed by atoms with Crippen molar-refractivity contribution in [2.45, 2.75) is 49.4 Å².